The van der Waals surface area contributed by atoms with Gasteiger partial charge in [-0.3, -0.25) is 4.68 Å². The van der Waals surface area contributed by atoms with Gasteiger partial charge in [-0.15, -0.1) is 24.0 Å². The third-order valence-electron chi connectivity index (χ3n) is 3.81. The van der Waals surface area contributed by atoms with Crippen molar-refractivity contribution in [3.63, 3.8) is 0 Å². The minimum absolute atomic E-state index is 0. The summed E-state index contributed by atoms with van der Waals surface area (Å²) in [7, 11) is 1.88. The van der Waals surface area contributed by atoms with E-state index in [1.165, 1.54) is 18.4 Å². The van der Waals surface area contributed by atoms with Crippen molar-refractivity contribution in [3.8, 4) is 0 Å². The van der Waals surface area contributed by atoms with Crippen molar-refractivity contribution >= 4 is 29.9 Å². The van der Waals surface area contributed by atoms with Gasteiger partial charge < -0.3 is 10.6 Å². The number of aromatic nitrogens is 3. The first-order chi connectivity index (χ1) is 11.8. The van der Waals surface area contributed by atoms with E-state index in [0.29, 0.717) is 6.54 Å². The summed E-state index contributed by atoms with van der Waals surface area (Å²) in [5, 5.41) is 10.7. The van der Waals surface area contributed by atoms with Gasteiger partial charge in [-0.1, -0.05) is 36.8 Å². The number of benzene rings is 1. The molecule has 0 unspecified atom stereocenters. The smallest absolute Gasteiger partial charge is 0.191 e. The van der Waals surface area contributed by atoms with Crippen molar-refractivity contribution < 1.29 is 0 Å². The van der Waals surface area contributed by atoms with Crippen LogP contribution in [0.5, 0.6) is 0 Å². The van der Waals surface area contributed by atoms with Crippen LogP contribution in [0, 0.1) is 0 Å². The summed E-state index contributed by atoms with van der Waals surface area (Å²) >= 11 is 0. The van der Waals surface area contributed by atoms with Gasteiger partial charge in [0.05, 0.1) is 0 Å². The first-order valence-corrected chi connectivity index (χ1v) is 8.68. The van der Waals surface area contributed by atoms with Crippen LogP contribution in [0.25, 0.3) is 0 Å². The Bertz CT molecular complexity index is 611. The van der Waals surface area contributed by atoms with Crippen molar-refractivity contribution in [1.82, 2.24) is 25.4 Å². The first-order valence-electron chi connectivity index (χ1n) is 8.68. The molecule has 0 atom stereocenters. The highest BCUT2D eigenvalue weighted by Crippen LogP contribution is 2.05. The van der Waals surface area contributed by atoms with E-state index in [2.05, 4.69) is 63.0 Å². The maximum atomic E-state index is 4.55. The average Bonchev–Trinajstić information content (AvgIpc) is 3.01. The summed E-state index contributed by atoms with van der Waals surface area (Å²) in [6.07, 6.45) is 6.28. The fourth-order valence-corrected chi connectivity index (χ4v) is 2.44. The van der Waals surface area contributed by atoms with Crippen molar-refractivity contribution in [2.75, 3.05) is 13.1 Å². The monoisotopic (exact) mass is 456 g/mol. The normalized spacial score (nSPS) is 11.0. The Morgan fingerprint density at radius 1 is 1.12 bits per heavy atom. The number of nitrogens with zero attached hydrogens (tertiary/aromatic N) is 4. The predicted octanol–water partition coefficient (Wildman–Crippen LogP) is 2.90. The quantitative estimate of drug-likeness (QED) is 0.264. The summed E-state index contributed by atoms with van der Waals surface area (Å²) < 4.78 is 1.75. The van der Waals surface area contributed by atoms with Gasteiger partial charge >= 0.3 is 0 Å². The SMILES string of the molecule is CCNC(=NCc1ncnn1C)NCCCCCc1ccccc1.I. The van der Waals surface area contributed by atoms with Gasteiger partial charge in [-0.05, 0) is 31.7 Å². The Labute approximate surface area is 167 Å². The largest absolute Gasteiger partial charge is 0.357 e. The second kappa shape index (κ2) is 12.7. The molecule has 0 radical (unpaired) electrons. The molecule has 0 fully saturated rings. The van der Waals surface area contributed by atoms with E-state index in [1.807, 2.05) is 7.05 Å². The third-order valence-corrected chi connectivity index (χ3v) is 3.81. The Balaban J connectivity index is 0.00000312. The topological polar surface area (TPSA) is 67.1 Å². The lowest BCUT2D eigenvalue weighted by atomic mass is 10.1. The van der Waals surface area contributed by atoms with Crippen LogP contribution < -0.4 is 10.6 Å². The molecule has 0 aliphatic heterocycles. The molecule has 0 saturated carbocycles. The standard InChI is InChI=1S/C18H28N6.HI/c1-3-19-18(21-14-17-22-15-23-24(17)2)20-13-9-5-8-12-16-10-6-4-7-11-16;/h4,6-7,10-11,15H,3,5,8-9,12-14H2,1-2H3,(H2,19,20,21);1H. The van der Waals surface area contributed by atoms with E-state index in [-0.39, 0.29) is 24.0 Å². The van der Waals surface area contributed by atoms with Crippen LogP contribution in [0.4, 0.5) is 0 Å². The highest BCUT2D eigenvalue weighted by molar-refractivity contribution is 14.0. The van der Waals surface area contributed by atoms with Crippen LogP contribution in [0.2, 0.25) is 0 Å². The highest BCUT2D eigenvalue weighted by atomic mass is 127. The summed E-state index contributed by atoms with van der Waals surface area (Å²) in [6.45, 7) is 4.37. The van der Waals surface area contributed by atoms with Crippen LogP contribution >= 0.6 is 24.0 Å². The van der Waals surface area contributed by atoms with Crippen LogP contribution in [0.3, 0.4) is 0 Å². The highest BCUT2D eigenvalue weighted by Gasteiger charge is 2.01. The molecule has 6 nitrogen and oxygen atoms in total. The van der Waals surface area contributed by atoms with E-state index < -0.39 is 0 Å². The number of aryl methyl sites for hydroxylation is 2. The zero-order valence-corrected chi connectivity index (χ0v) is 17.4. The van der Waals surface area contributed by atoms with Gasteiger partial charge in [0.1, 0.15) is 18.7 Å². The maximum Gasteiger partial charge on any atom is 0.191 e. The molecule has 1 aromatic carbocycles. The Morgan fingerprint density at radius 2 is 1.92 bits per heavy atom. The molecule has 0 aliphatic rings. The number of hydrogen-bond donors (Lipinski definition) is 2. The van der Waals surface area contributed by atoms with Crippen molar-refractivity contribution in [3.05, 3.63) is 48.0 Å². The van der Waals surface area contributed by atoms with E-state index in [1.54, 1.807) is 11.0 Å². The number of hydrogen-bond acceptors (Lipinski definition) is 3. The van der Waals surface area contributed by atoms with Gasteiger partial charge in [0, 0.05) is 20.1 Å². The fraction of sp³-hybridized carbons (Fsp3) is 0.500. The molecule has 2 aromatic rings. The van der Waals surface area contributed by atoms with E-state index in [0.717, 1.165) is 37.7 Å². The number of unbranched alkanes of at least 4 members (excludes halogenated alkanes) is 2. The number of nitrogens with one attached hydrogen (secondary N) is 2. The molecule has 1 heterocycles. The van der Waals surface area contributed by atoms with Crippen molar-refractivity contribution in [2.45, 2.75) is 39.2 Å². The molecule has 0 saturated heterocycles. The summed E-state index contributed by atoms with van der Waals surface area (Å²) in [5.41, 5.74) is 1.42. The van der Waals surface area contributed by atoms with Gasteiger partial charge in [0.2, 0.25) is 0 Å². The lowest BCUT2D eigenvalue weighted by Gasteiger charge is -2.11. The summed E-state index contributed by atoms with van der Waals surface area (Å²) in [5.74, 6) is 1.69. The van der Waals surface area contributed by atoms with Crippen LogP contribution in [0.1, 0.15) is 37.6 Å². The molecule has 0 aliphatic carbocycles. The molecular formula is C18H29IN6. The number of halogens is 1. The lowest BCUT2D eigenvalue weighted by molar-refractivity contribution is 0.653. The first kappa shape index (κ1) is 21.4. The van der Waals surface area contributed by atoms with Crippen LogP contribution in [0.15, 0.2) is 41.7 Å². The van der Waals surface area contributed by atoms with Crippen molar-refractivity contribution in [2.24, 2.45) is 12.0 Å². The fourth-order valence-electron chi connectivity index (χ4n) is 2.44. The van der Waals surface area contributed by atoms with Gasteiger partial charge in [-0.2, -0.15) is 5.10 Å². The van der Waals surface area contributed by atoms with E-state index >= 15 is 0 Å². The zero-order chi connectivity index (χ0) is 17.0. The molecule has 0 bridgehead atoms. The maximum absolute atomic E-state index is 4.55. The zero-order valence-electron chi connectivity index (χ0n) is 15.1. The van der Waals surface area contributed by atoms with Crippen molar-refractivity contribution in [1.29, 1.82) is 0 Å². The molecule has 138 valence electrons. The molecule has 1 aromatic heterocycles. The minimum atomic E-state index is 0. The third kappa shape index (κ3) is 8.33. The van der Waals surface area contributed by atoms with Crippen LogP contribution in [-0.2, 0) is 20.0 Å². The van der Waals surface area contributed by atoms with E-state index in [9.17, 15) is 0 Å². The molecule has 25 heavy (non-hydrogen) atoms. The summed E-state index contributed by atoms with van der Waals surface area (Å²) in [4.78, 5) is 8.74. The summed E-state index contributed by atoms with van der Waals surface area (Å²) in [6, 6.07) is 10.7. The number of rotatable bonds is 9. The molecule has 7 heteroatoms. The van der Waals surface area contributed by atoms with Gasteiger partial charge in [0.25, 0.3) is 0 Å². The lowest BCUT2D eigenvalue weighted by Crippen LogP contribution is -2.37. The number of aliphatic imine (C=N–C) groups is 1. The number of guanidine groups is 1. The Kier molecular flexibility index (Phi) is 10.9. The van der Waals surface area contributed by atoms with Crippen LogP contribution in [-0.4, -0.2) is 33.8 Å². The second-order valence-electron chi connectivity index (χ2n) is 5.72. The molecule has 0 amide bonds. The Hall–Kier alpha value is -1.64. The second-order valence-corrected chi connectivity index (χ2v) is 5.72. The minimum Gasteiger partial charge on any atom is -0.357 e. The molecule has 2 rings (SSSR count). The molecular weight excluding hydrogens is 427 g/mol. The molecule has 0 spiro atoms. The van der Waals surface area contributed by atoms with Gasteiger partial charge in [0.15, 0.2) is 5.96 Å². The average molecular weight is 456 g/mol. The van der Waals surface area contributed by atoms with E-state index in [4.69, 9.17) is 0 Å². The predicted molar refractivity (Wildman–Crippen MR) is 113 cm³/mol. The van der Waals surface area contributed by atoms with Gasteiger partial charge in [-0.25, -0.2) is 9.98 Å². The Morgan fingerprint density at radius 3 is 2.60 bits per heavy atom. The molecule has 2 N–H and O–H groups in total.